The van der Waals surface area contributed by atoms with Gasteiger partial charge in [-0.2, -0.15) is 15.0 Å². The van der Waals surface area contributed by atoms with Crippen LogP contribution in [0.1, 0.15) is 78.1 Å². The second-order valence-corrected chi connectivity index (χ2v) is 10.5. The van der Waals surface area contributed by atoms with Crippen molar-refractivity contribution in [2.24, 2.45) is 0 Å². The van der Waals surface area contributed by atoms with Crippen LogP contribution in [0.3, 0.4) is 0 Å². The molecule has 1 aromatic carbocycles. The van der Waals surface area contributed by atoms with E-state index in [1.165, 1.54) is 51.4 Å². The smallest absolute Gasteiger partial charge is 0.233 e. The number of nitrogens with two attached hydrogens (primary N) is 1. The van der Waals surface area contributed by atoms with E-state index in [1.54, 1.807) is 0 Å². The minimum Gasteiger partial charge on any atom is -0.492 e. The van der Waals surface area contributed by atoms with Crippen molar-refractivity contribution in [2.45, 2.75) is 96.2 Å². The molecule has 1 aromatic heterocycles. The van der Waals surface area contributed by atoms with Gasteiger partial charge in [0, 0.05) is 23.8 Å². The van der Waals surface area contributed by atoms with Gasteiger partial charge in [-0.1, -0.05) is 39.5 Å². The summed E-state index contributed by atoms with van der Waals surface area (Å²) in [6, 6.07) is 7.10. The van der Waals surface area contributed by atoms with Gasteiger partial charge in [0.25, 0.3) is 0 Å². The van der Waals surface area contributed by atoms with Gasteiger partial charge >= 0.3 is 0 Å². The van der Waals surface area contributed by atoms with Gasteiger partial charge < -0.3 is 26.0 Å². The van der Waals surface area contributed by atoms with E-state index in [9.17, 15) is 0 Å². The molecule has 4 rings (SSSR count). The Hall–Kier alpha value is -2.13. The molecule has 2 unspecified atom stereocenters. The first-order chi connectivity index (χ1) is 17.1. The molecule has 0 bridgehead atoms. The molecule has 2 heterocycles. The molecule has 9 heteroatoms. The number of nitrogens with zero attached hydrogens (tertiary/aromatic N) is 4. The summed E-state index contributed by atoms with van der Waals surface area (Å²) in [5.74, 6) is 2.22. The van der Waals surface area contributed by atoms with Crippen molar-refractivity contribution in [1.29, 1.82) is 0 Å². The monoisotopic (exact) mass is 545 g/mol. The number of ether oxygens (including phenoxy) is 1. The Labute approximate surface area is 218 Å². The van der Waals surface area contributed by atoms with Gasteiger partial charge in [0.1, 0.15) is 5.75 Å². The van der Waals surface area contributed by atoms with Gasteiger partial charge in [-0.25, -0.2) is 0 Å². The number of nitrogens with one attached hydrogen (secondary N) is 2. The van der Waals surface area contributed by atoms with Crippen LogP contribution in [0.4, 0.5) is 23.5 Å². The van der Waals surface area contributed by atoms with Gasteiger partial charge in [0.2, 0.25) is 17.8 Å². The van der Waals surface area contributed by atoms with Crippen molar-refractivity contribution in [3.63, 3.8) is 0 Å². The van der Waals surface area contributed by atoms with Crippen LogP contribution in [0.5, 0.6) is 5.75 Å². The topological polar surface area (TPSA) is 101 Å². The highest BCUT2D eigenvalue weighted by Gasteiger charge is 2.35. The highest BCUT2D eigenvalue weighted by molar-refractivity contribution is 9.10. The lowest BCUT2D eigenvalue weighted by molar-refractivity contribution is 0.315. The molecule has 0 spiro atoms. The number of aromatic nitrogens is 3. The summed E-state index contributed by atoms with van der Waals surface area (Å²) < 4.78 is 6.66. The van der Waals surface area contributed by atoms with Crippen molar-refractivity contribution in [3.05, 3.63) is 22.7 Å². The lowest BCUT2D eigenvalue weighted by atomic mass is 9.97. The lowest BCUT2D eigenvalue weighted by Crippen LogP contribution is -2.52. The first-order valence-corrected chi connectivity index (χ1v) is 14.1. The average Bonchev–Trinajstić information content (AvgIpc) is 3.24. The zero-order valence-corrected chi connectivity index (χ0v) is 22.7. The summed E-state index contributed by atoms with van der Waals surface area (Å²) in [5, 5.41) is 7.07. The molecular weight excluding hydrogens is 506 g/mol. The van der Waals surface area contributed by atoms with Crippen LogP contribution in [-0.2, 0) is 0 Å². The van der Waals surface area contributed by atoms with Crippen molar-refractivity contribution in [1.82, 2.24) is 20.3 Å². The molecule has 0 amide bonds. The second kappa shape index (κ2) is 12.7. The first kappa shape index (κ1) is 25.9. The summed E-state index contributed by atoms with van der Waals surface area (Å²) in [4.78, 5) is 16.5. The maximum Gasteiger partial charge on any atom is 0.233 e. The molecule has 1 saturated heterocycles. The van der Waals surface area contributed by atoms with Gasteiger partial charge in [0.05, 0.1) is 11.1 Å². The standard InChI is InChI=1S/C26H40BrN7O/c1-3-16-35-23-14-13-18(17-20(23)27)30-25-31-24(28)32-26(33-25)34(19-10-7-5-6-8-11-19)22(4-2)21-12-9-15-29-21/h13-14,17,19,21-22,29H,3-12,15-16H2,1-2H3,(H3,28,30,31,32,33). The molecule has 1 saturated carbocycles. The summed E-state index contributed by atoms with van der Waals surface area (Å²) in [5.41, 5.74) is 7.11. The Morgan fingerprint density at radius 2 is 1.91 bits per heavy atom. The molecule has 1 aliphatic heterocycles. The molecule has 0 radical (unpaired) electrons. The van der Waals surface area contributed by atoms with Crippen LogP contribution >= 0.6 is 15.9 Å². The Morgan fingerprint density at radius 3 is 2.57 bits per heavy atom. The Balaban J connectivity index is 1.62. The van der Waals surface area contributed by atoms with Gasteiger partial charge in [-0.05, 0) is 79.2 Å². The SMILES string of the molecule is CCCOc1ccc(Nc2nc(N)nc(N(C3CCCCCC3)C(CC)C3CCCN3)n2)cc1Br. The highest BCUT2D eigenvalue weighted by Crippen LogP contribution is 2.32. The number of anilines is 4. The molecule has 1 aliphatic carbocycles. The molecule has 8 nitrogen and oxygen atoms in total. The van der Waals surface area contributed by atoms with Crippen molar-refractivity contribution in [2.75, 3.05) is 29.1 Å². The van der Waals surface area contributed by atoms with Crippen LogP contribution < -0.4 is 26.0 Å². The van der Waals surface area contributed by atoms with E-state index in [-0.39, 0.29) is 5.95 Å². The van der Waals surface area contributed by atoms with E-state index in [4.69, 9.17) is 15.5 Å². The molecule has 2 fully saturated rings. The number of hydrogen-bond acceptors (Lipinski definition) is 8. The van der Waals surface area contributed by atoms with Crippen LogP contribution in [0.15, 0.2) is 22.7 Å². The Morgan fingerprint density at radius 1 is 1.11 bits per heavy atom. The predicted molar refractivity (Wildman–Crippen MR) is 147 cm³/mol. The van der Waals surface area contributed by atoms with Crippen LogP contribution in [0, 0.1) is 0 Å². The minimum atomic E-state index is 0.243. The largest absolute Gasteiger partial charge is 0.492 e. The molecule has 2 aliphatic rings. The van der Waals surface area contributed by atoms with E-state index >= 15 is 0 Å². The summed E-state index contributed by atoms with van der Waals surface area (Å²) in [7, 11) is 0. The fourth-order valence-corrected chi connectivity index (χ4v) is 5.92. The molecular formula is C26H40BrN7O. The maximum atomic E-state index is 6.24. The fraction of sp³-hybridized carbons (Fsp3) is 0.654. The predicted octanol–water partition coefficient (Wildman–Crippen LogP) is 5.81. The third kappa shape index (κ3) is 6.76. The third-order valence-electron chi connectivity index (χ3n) is 7.08. The molecule has 2 aromatic rings. The van der Waals surface area contributed by atoms with Crippen LogP contribution in [-0.4, -0.2) is 46.2 Å². The minimum absolute atomic E-state index is 0.243. The number of rotatable bonds is 10. The summed E-state index contributed by atoms with van der Waals surface area (Å²) >= 11 is 3.61. The molecule has 4 N–H and O–H groups in total. The van der Waals surface area contributed by atoms with Crippen molar-refractivity contribution < 1.29 is 4.74 Å². The van der Waals surface area contributed by atoms with Gasteiger partial charge in [-0.3, -0.25) is 0 Å². The molecule has 192 valence electrons. The fourth-order valence-electron chi connectivity index (χ4n) is 5.42. The van der Waals surface area contributed by atoms with Gasteiger partial charge in [0.15, 0.2) is 0 Å². The van der Waals surface area contributed by atoms with E-state index in [2.05, 4.69) is 55.3 Å². The number of nitrogen functional groups attached to an aromatic ring is 1. The summed E-state index contributed by atoms with van der Waals surface area (Å²) in [6.07, 6.45) is 11.9. The zero-order chi connectivity index (χ0) is 24.6. The lowest BCUT2D eigenvalue weighted by Gasteiger charge is -2.40. The maximum absolute atomic E-state index is 6.24. The van der Waals surface area contributed by atoms with Gasteiger partial charge in [-0.15, -0.1) is 0 Å². The Bertz CT molecular complexity index is 945. The number of hydrogen-bond donors (Lipinski definition) is 3. The van der Waals surface area contributed by atoms with E-state index in [0.717, 1.165) is 35.3 Å². The van der Waals surface area contributed by atoms with Crippen LogP contribution in [0.2, 0.25) is 0 Å². The normalized spacial score (nSPS) is 19.8. The van der Waals surface area contributed by atoms with E-state index in [0.29, 0.717) is 36.6 Å². The van der Waals surface area contributed by atoms with Crippen LogP contribution in [0.25, 0.3) is 0 Å². The molecule has 35 heavy (non-hydrogen) atoms. The van der Waals surface area contributed by atoms with Crippen molar-refractivity contribution in [3.8, 4) is 5.75 Å². The molecule has 2 atom stereocenters. The number of halogens is 1. The third-order valence-corrected chi connectivity index (χ3v) is 7.70. The number of benzene rings is 1. The first-order valence-electron chi connectivity index (χ1n) is 13.3. The Kier molecular flexibility index (Phi) is 9.43. The van der Waals surface area contributed by atoms with Crippen molar-refractivity contribution >= 4 is 39.5 Å². The second-order valence-electron chi connectivity index (χ2n) is 9.67. The van der Waals surface area contributed by atoms with E-state index < -0.39 is 0 Å². The summed E-state index contributed by atoms with van der Waals surface area (Å²) in [6.45, 7) is 6.14. The zero-order valence-electron chi connectivity index (χ0n) is 21.1. The average molecular weight is 547 g/mol. The van der Waals surface area contributed by atoms with E-state index in [1.807, 2.05) is 18.2 Å². The quantitative estimate of drug-likeness (QED) is 0.321. The highest BCUT2D eigenvalue weighted by atomic mass is 79.9.